The van der Waals surface area contributed by atoms with Crippen LogP contribution in [0.25, 0.3) is 0 Å². The molecule has 1 fully saturated rings. The van der Waals surface area contributed by atoms with Crippen molar-refractivity contribution in [1.82, 2.24) is 10.2 Å². The van der Waals surface area contributed by atoms with Crippen LogP contribution in [0, 0.1) is 17.0 Å². The number of aromatic nitrogens is 2. The van der Waals surface area contributed by atoms with E-state index >= 15 is 0 Å². The van der Waals surface area contributed by atoms with Gasteiger partial charge in [0.25, 0.3) is 0 Å². The number of ether oxygens (including phenoxy) is 2. The Labute approximate surface area is 180 Å². The van der Waals surface area contributed by atoms with Crippen molar-refractivity contribution in [2.24, 2.45) is 5.41 Å². The minimum Gasteiger partial charge on any atom is -0.431 e. The molecule has 2 aliphatic rings. The molecule has 0 radical (unpaired) electrons. The Kier molecular flexibility index (Phi) is 4.77. The predicted molar refractivity (Wildman–Crippen MR) is 112 cm³/mol. The number of hydrogen-bond donors (Lipinski definition) is 0. The number of nitrogens with zero attached hydrogens (tertiary/aromatic N) is 2. The van der Waals surface area contributed by atoms with Crippen LogP contribution >= 0.6 is 0 Å². The summed E-state index contributed by atoms with van der Waals surface area (Å²) in [5.74, 6) is -1.62. The maximum atomic E-state index is 14.0. The lowest BCUT2D eigenvalue weighted by atomic mass is 9.69. The van der Waals surface area contributed by atoms with Gasteiger partial charge in [0.05, 0.1) is 18.9 Å². The van der Waals surface area contributed by atoms with E-state index in [9.17, 15) is 8.78 Å². The molecule has 160 valence electrons. The topological polar surface area (TPSA) is 44.2 Å². The van der Waals surface area contributed by atoms with Crippen LogP contribution in [0.4, 0.5) is 8.78 Å². The molecule has 0 N–H and O–H groups in total. The summed E-state index contributed by atoms with van der Waals surface area (Å²) < 4.78 is 39.6. The number of para-hydroxylation sites is 1. The van der Waals surface area contributed by atoms with Crippen LogP contribution in [0.1, 0.15) is 49.4 Å². The maximum absolute atomic E-state index is 14.0. The summed E-state index contributed by atoms with van der Waals surface area (Å²) in [4.78, 5) is 0. The van der Waals surface area contributed by atoms with Crippen LogP contribution in [0.15, 0.2) is 54.6 Å². The quantitative estimate of drug-likeness (QED) is 0.495. The molecular weight excluding hydrogens is 398 g/mol. The Balaban J connectivity index is 1.42. The molecule has 4 nitrogen and oxygen atoms in total. The molecule has 1 saturated carbocycles. The van der Waals surface area contributed by atoms with Crippen molar-refractivity contribution in [1.29, 1.82) is 0 Å². The lowest BCUT2D eigenvalue weighted by molar-refractivity contribution is 0.0309. The summed E-state index contributed by atoms with van der Waals surface area (Å²) in [6.45, 7) is 5.58. The Bertz CT molecular complexity index is 1100. The van der Waals surface area contributed by atoms with Crippen molar-refractivity contribution in [3.63, 3.8) is 0 Å². The first-order valence-corrected chi connectivity index (χ1v) is 10.5. The van der Waals surface area contributed by atoms with Crippen molar-refractivity contribution >= 4 is 0 Å². The van der Waals surface area contributed by atoms with Crippen molar-refractivity contribution in [3.8, 4) is 11.6 Å². The fraction of sp³-hybridized carbons (Fsp3) is 0.360. The molecule has 0 saturated heterocycles. The van der Waals surface area contributed by atoms with E-state index in [1.165, 1.54) is 6.07 Å². The number of halogens is 2. The average Bonchev–Trinajstić information content (AvgIpc) is 3.12. The van der Waals surface area contributed by atoms with Crippen LogP contribution < -0.4 is 4.74 Å². The molecular formula is C25H24F2N2O2. The second-order valence-corrected chi connectivity index (χ2v) is 9.01. The second-order valence-electron chi connectivity index (χ2n) is 9.01. The van der Waals surface area contributed by atoms with Gasteiger partial charge in [-0.2, -0.15) is 5.10 Å². The summed E-state index contributed by atoms with van der Waals surface area (Å²) in [6, 6.07) is 15.5. The van der Waals surface area contributed by atoms with E-state index < -0.39 is 17.4 Å². The van der Waals surface area contributed by atoms with Gasteiger partial charge in [0.15, 0.2) is 11.6 Å². The summed E-state index contributed by atoms with van der Waals surface area (Å²) in [5.41, 5.74) is 2.79. The minimum absolute atomic E-state index is 0.0669. The van der Waals surface area contributed by atoms with Crippen molar-refractivity contribution in [2.45, 2.75) is 44.6 Å². The standard InChI is InChI=1S/C25H24F2N2O2/c1-24(2)18-11-12-25(24,15-30-14-16-7-4-3-5-8-16)23-17(18)13-21(28-29-23)31-22-19(26)9-6-10-20(22)27/h3-10,13,18H,11-12,14-15H2,1-2H3/t18-,25-/m0/s1. The van der Waals surface area contributed by atoms with Crippen LogP contribution in [0.3, 0.4) is 0 Å². The highest BCUT2D eigenvalue weighted by Crippen LogP contribution is 2.67. The molecule has 3 aromatic rings. The van der Waals surface area contributed by atoms with Gasteiger partial charge in [-0.1, -0.05) is 50.2 Å². The third-order valence-electron chi connectivity index (χ3n) is 7.18. The van der Waals surface area contributed by atoms with Gasteiger partial charge in [0, 0.05) is 11.5 Å². The van der Waals surface area contributed by atoms with E-state index in [-0.39, 0.29) is 22.6 Å². The molecule has 0 spiro atoms. The van der Waals surface area contributed by atoms with Gasteiger partial charge in [0.2, 0.25) is 11.6 Å². The van der Waals surface area contributed by atoms with Crippen LogP contribution in [-0.2, 0) is 16.8 Å². The number of benzene rings is 2. The van der Waals surface area contributed by atoms with E-state index in [0.29, 0.717) is 13.2 Å². The van der Waals surface area contributed by atoms with Crippen LogP contribution in [0.5, 0.6) is 11.6 Å². The molecule has 2 atom stereocenters. The molecule has 0 aliphatic heterocycles. The normalized spacial score (nSPS) is 23.0. The molecule has 2 bridgehead atoms. The molecule has 0 amide bonds. The highest BCUT2D eigenvalue weighted by atomic mass is 19.1. The van der Waals surface area contributed by atoms with E-state index in [0.717, 1.165) is 41.8 Å². The highest BCUT2D eigenvalue weighted by Gasteiger charge is 2.63. The zero-order valence-corrected chi connectivity index (χ0v) is 17.6. The zero-order chi connectivity index (χ0) is 21.6. The SMILES string of the molecule is CC1(C)[C@H]2CC[C@]1(COCc1ccccc1)c1nnc(Oc3c(F)cccc3F)cc12. The summed E-state index contributed by atoms with van der Waals surface area (Å²) in [5, 5.41) is 8.65. The summed E-state index contributed by atoms with van der Waals surface area (Å²) in [7, 11) is 0. The average molecular weight is 422 g/mol. The lowest BCUT2D eigenvalue weighted by Gasteiger charge is -2.37. The van der Waals surface area contributed by atoms with Crippen LogP contribution in [0.2, 0.25) is 0 Å². The monoisotopic (exact) mass is 422 g/mol. The van der Waals surface area contributed by atoms with Crippen molar-refractivity contribution in [3.05, 3.63) is 83.1 Å². The van der Waals surface area contributed by atoms with Crippen LogP contribution in [-0.4, -0.2) is 16.8 Å². The fourth-order valence-electron chi connectivity index (χ4n) is 5.38. The Morgan fingerprint density at radius 1 is 1.00 bits per heavy atom. The van der Waals surface area contributed by atoms with E-state index in [1.54, 1.807) is 6.07 Å². The largest absolute Gasteiger partial charge is 0.431 e. The van der Waals surface area contributed by atoms with E-state index in [1.807, 2.05) is 30.3 Å². The smallest absolute Gasteiger partial charge is 0.239 e. The van der Waals surface area contributed by atoms with Gasteiger partial charge >= 0.3 is 0 Å². The fourth-order valence-corrected chi connectivity index (χ4v) is 5.38. The molecule has 2 aliphatic carbocycles. The Morgan fingerprint density at radius 3 is 2.48 bits per heavy atom. The lowest BCUT2D eigenvalue weighted by Crippen LogP contribution is -2.40. The molecule has 5 rings (SSSR count). The second kappa shape index (κ2) is 7.38. The summed E-state index contributed by atoms with van der Waals surface area (Å²) in [6.07, 6.45) is 1.98. The third-order valence-corrected chi connectivity index (χ3v) is 7.18. The highest BCUT2D eigenvalue weighted by molar-refractivity contribution is 5.47. The third kappa shape index (κ3) is 3.12. The number of fused-ring (bicyclic) bond motifs is 5. The Hall–Kier alpha value is -2.86. The molecule has 6 heteroatoms. The molecule has 1 heterocycles. The summed E-state index contributed by atoms with van der Waals surface area (Å²) >= 11 is 0. The van der Waals surface area contributed by atoms with Gasteiger partial charge in [-0.25, -0.2) is 8.78 Å². The number of rotatable bonds is 6. The van der Waals surface area contributed by atoms with Gasteiger partial charge < -0.3 is 9.47 Å². The van der Waals surface area contributed by atoms with E-state index in [2.05, 4.69) is 24.0 Å². The van der Waals surface area contributed by atoms with Crippen molar-refractivity contribution < 1.29 is 18.3 Å². The first kappa shape index (κ1) is 20.1. The van der Waals surface area contributed by atoms with Gasteiger partial charge in [-0.05, 0) is 47.4 Å². The first-order chi connectivity index (χ1) is 14.9. The molecule has 31 heavy (non-hydrogen) atoms. The van der Waals surface area contributed by atoms with Gasteiger partial charge in [0.1, 0.15) is 0 Å². The maximum Gasteiger partial charge on any atom is 0.239 e. The first-order valence-electron chi connectivity index (χ1n) is 10.5. The Morgan fingerprint density at radius 2 is 1.74 bits per heavy atom. The van der Waals surface area contributed by atoms with Crippen molar-refractivity contribution in [2.75, 3.05) is 6.61 Å². The molecule has 1 aromatic heterocycles. The van der Waals surface area contributed by atoms with Gasteiger partial charge in [-0.3, -0.25) is 0 Å². The number of hydrogen-bond acceptors (Lipinski definition) is 4. The van der Waals surface area contributed by atoms with E-state index in [4.69, 9.17) is 9.47 Å². The zero-order valence-electron chi connectivity index (χ0n) is 17.6. The molecule has 2 aromatic carbocycles. The molecule has 0 unspecified atom stereocenters. The van der Waals surface area contributed by atoms with Gasteiger partial charge in [-0.15, -0.1) is 5.10 Å². The minimum atomic E-state index is -0.769. The predicted octanol–water partition coefficient (Wildman–Crippen LogP) is 5.92.